The van der Waals surface area contributed by atoms with Crippen molar-refractivity contribution >= 4 is 35.2 Å². The van der Waals surface area contributed by atoms with E-state index in [1.165, 1.54) is 0 Å². The van der Waals surface area contributed by atoms with Gasteiger partial charge < -0.3 is 15.7 Å². The van der Waals surface area contributed by atoms with Gasteiger partial charge >= 0.3 is 5.97 Å². The molecule has 2 amide bonds. The number of thioether (sulfide) groups is 1. The smallest absolute Gasteiger partial charge is 0.304 e. The molecule has 0 bridgehead atoms. The molecule has 1 aliphatic carbocycles. The molecule has 3 rings (SSSR count). The number of carbonyl (C=O) groups is 3. The zero-order valence-corrected chi connectivity index (χ0v) is 16.1. The molecule has 0 saturated heterocycles. The van der Waals surface area contributed by atoms with Crippen molar-refractivity contribution in [1.29, 1.82) is 0 Å². The zero-order chi connectivity index (χ0) is 19.9. The van der Waals surface area contributed by atoms with Gasteiger partial charge in [-0.2, -0.15) is 11.8 Å². The fourth-order valence-electron chi connectivity index (χ4n) is 2.56. The minimum atomic E-state index is -0.801. The number of benzene rings is 2. The Morgan fingerprint density at radius 1 is 1.00 bits per heavy atom. The van der Waals surface area contributed by atoms with Gasteiger partial charge in [0, 0.05) is 34.4 Å². The summed E-state index contributed by atoms with van der Waals surface area (Å²) in [5.41, 5.74) is 2.71. The van der Waals surface area contributed by atoms with Gasteiger partial charge in [0.1, 0.15) is 0 Å². The highest BCUT2D eigenvalue weighted by Crippen LogP contribution is 2.20. The van der Waals surface area contributed by atoms with Crippen molar-refractivity contribution in [3.05, 3.63) is 65.2 Å². The van der Waals surface area contributed by atoms with Crippen molar-refractivity contribution in [1.82, 2.24) is 5.32 Å². The van der Waals surface area contributed by atoms with Gasteiger partial charge in [0.2, 0.25) is 0 Å². The molecule has 3 N–H and O–H groups in total. The Kier molecular flexibility index (Phi) is 6.71. The largest absolute Gasteiger partial charge is 0.481 e. The second kappa shape index (κ2) is 9.41. The van der Waals surface area contributed by atoms with Gasteiger partial charge in [-0.1, -0.05) is 12.1 Å². The fourth-order valence-corrected chi connectivity index (χ4v) is 3.44. The normalized spacial score (nSPS) is 13.0. The topological polar surface area (TPSA) is 95.5 Å². The summed E-state index contributed by atoms with van der Waals surface area (Å²) in [4.78, 5) is 35.0. The monoisotopic (exact) mass is 398 g/mol. The van der Waals surface area contributed by atoms with Crippen LogP contribution in [-0.4, -0.2) is 34.7 Å². The molecule has 1 saturated carbocycles. The van der Waals surface area contributed by atoms with E-state index in [4.69, 9.17) is 5.11 Å². The van der Waals surface area contributed by atoms with Crippen molar-refractivity contribution in [2.24, 2.45) is 0 Å². The van der Waals surface area contributed by atoms with E-state index in [1.807, 2.05) is 18.2 Å². The number of amides is 2. The molecule has 6 nitrogen and oxygen atoms in total. The van der Waals surface area contributed by atoms with Crippen LogP contribution in [-0.2, 0) is 10.5 Å². The summed E-state index contributed by atoms with van der Waals surface area (Å²) in [6.45, 7) is 0. The van der Waals surface area contributed by atoms with Crippen LogP contribution in [0.5, 0.6) is 0 Å². The standard InChI is InChI=1S/C21H22N2O4S/c24-19(25)10-11-28-13-14-2-1-3-18(12-14)23-21(27)16-6-4-15(5-7-16)20(26)22-17-8-9-17/h1-7,12,17H,8-11,13H2,(H,22,26)(H,23,27)(H,24,25). The van der Waals surface area contributed by atoms with Crippen molar-refractivity contribution in [3.8, 4) is 0 Å². The first-order valence-electron chi connectivity index (χ1n) is 9.12. The van der Waals surface area contributed by atoms with E-state index in [2.05, 4.69) is 10.6 Å². The molecule has 0 unspecified atom stereocenters. The van der Waals surface area contributed by atoms with Crippen LogP contribution in [0.25, 0.3) is 0 Å². The number of carbonyl (C=O) groups excluding carboxylic acids is 2. The molecular formula is C21H22N2O4S. The highest BCUT2D eigenvalue weighted by molar-refractivity contribution is 7.98. The molecule has 0 atom stereocenters. The minimum Gasteiger partial charge on any atom is -0.481 e. The van der Waals surface area contributed by atoms with Crippen LogP contribution in [0.15, 0.2) is 48.5 Å². The first-order chi connectivity index (χ1) is 13.5. The molecule has 0 aromatic heterocycles. The Bertz CT molecular complexity index is 863. The molecule has 0 spiro atoms. The molecule has 2 aromatic carbocycles. The van der Waals surface area contributed by atoms with Crippen LogP contribution >= 0.6 is 11.8 Å². The van der Waals surface area contributed by atoms with Crippen LogP contribution < -0.4 is 10.6 Å². The van der Waals surface area contributed by atoms with Crippen LogP contribution in [0, 0.1) is 0 Å². The maximum Gasteiger partial charge on any atom is 0.304 e. The summed E-state index contributed by atoms with van der Waals surface area (Å²) < 4.78 is 0. The lowest BCUT2D eigenvalue weighted by atomic mass is 10.1. The maximum absolute atomic E-state index is 12.4. The molecule has 0 aliphatic heterocycles. The van der Waals surface area contributed by atoms with Gasteiger partial charge in [-0.15, -0.1) is 0 Å². The molecule has 0 radical (unpaired) electrons. The number of carboxylic acids is 1. The van der Waals surface area contributed by atoms with E-state index in [0.29, 0.717) is 34.4 Å². The number of aliphatic carboxylic acids is 1. The second-order valence-corrected chi connectivity index (χ2v) is 7.78. The van der Waals surface area contributed by atoms with Gasteiger partial charge in [-0.05, 0) is 54.8 Å². The molecule has 1 fully saturated rings. The number of nitrogens with one attached hydrogen (secondary N) is 2. The average Bonchev–Trinajstić information content (AvgIpc) is 3.49. The van der Waals surface area contributed by atoms with Crippen molar-refractivity contribution in [2.45, 2.75) is 31.1 Å². The summed E-state index contributed by atoms with van der Waals surface area (Å²) in [5.74, 6) is 0.0749. The number of hydrogen-bond acceptors (Lipinski definition) is 4. The van der Waals surface area contributed by atoms with E-state index in [1.54, 1.807) is 42.1 Å². The summed E-state index contributed by atoms with van der Waals surface area (Å²) >= 11 is 1.54. The third kappa shape index (κ3) is 6.13. The first kappa shape index (κ1) is 19.9. The maximum atomic E-state index is 12.4. The number of carboxylic acid groups (broad SMARTS) is 1. The van der Waals surface area contributed by atoms with Gasteiger partial charge in [0.25, 0.3) is 11.8 Å². The quantitative estimate of drug-likeness (QED) is 0.562. The third-order valence-corrected chi connectivity index (χ3v) is 5.27. The SMILES string of the molecule is O=C(O)CCSCc1cccc(NC(=O)c2ccc(C(=O)NC3CC3)cc2)c1. The predicted octanol–water partition coefficient (Wildman–Crippen LogP) is 3.54. The molecule has 28 heavy (non-hydrogen) atoms. The van der Waals surface area contributed by atoms with Crippen LogP contribution in [0.2, 0.25) is 0 Å². The highest BCUT2D eigenvalue weighted by atomic mass is 32.2. The van der Waals surface area contributed by atoms with E-state index < -0.39 is 5.97 Å². The van der Waals surface area contributed by atoms with Crippen LogP contribution in [0.1, 0.15) is 45.5 Å². The predicted molar refractivity (Wildman–Crippen MR) is 110 cm³/mol. The molecule has 146 valence electrons. The molecule has 7 heteroatoms. The van der Waals surface area contributed by atoms with Gasteiger partial charge in [-0.3, -0.25) is 14.4 Å². The Morgan fingerprint density at radius 3 is 2.32 bits per heavy atom. The lowest BCUT2D eigenvalue weighted by Gasteiger charge is -2.08. The third-order valence-electron chi connectivity index (χ3n) is 4.24. The van der Waals surface area contributed by atoms with Crippen LogP contribution in [0.4, 0.5) is 5.69 Å². The molecule has 0 heterocycles. The Labute approximate surface area is 167 Å². The highest BCUT2D eigenvalue weighted by Gasteiger charge is 2.23. The van der Waals surface area contributed by atoms with E-state index in [-0.39, 0.29) is 18.2 Å². The summed E-state index contributed by atoms with van der Waals surface area (Å²) in [7, 11) is 0. The number of hydrogen-bond donors (Lipinski definition) is 3. The van der Waals surface area contributed by atoms with E-state index in [0.717, 1.165) is 18.4 Å². The Hall–Kier alpha value is -2.80. The van der Waals surface area contributed by atoms with Crippen molar-refractivity contribution < 1.29 is 19.5 Å². The van der Waals surface area contributed by atoms with Crippen molar-refractivity contribution in [3.63, 3.8) is 0 Å². The molecule has 1 aliphatic rings. The summed E-state index contributed by atoms with van der Waals surface area (Å²) in [6.07, 6.45) is 2.20. The summed E-state index contributed by atoms with van der Waals surface area (Å²) in [5, 5.41) is 14.4. The van der Waals surface area contributed by atoms with E-state index in [9.17, 15) is 14.4 Å². The van der Waals surface area contributed by atoms with Crippen molar-refractivity contribution in [2.75, 3.05) is 11.1 Å². The first-order valence-corrected chi connectivity index (χ1v) is 10.3. The number of rotatable bonds is 9. The minimum absolute atomic E-state index is 0.109. The van der Waals surface area contributed by atoms with Gasteiger partial charge in [-0.25, -0.2) is 0 Å². The van der Waals surface area contributed by atoms with E-state index >= 15 is 0 Å². The fraction of sp³-hybridized carbons (Fsp3) is 0.286. The Morgan fingerprint density at radius 2 is 1.68 bits per heavy atom. The number of anilines is 1. The lowest BCUT2D eigenvalue weighted by molar-refractivity contribution is -0.136. The zero-order valence-electron chi connectivity index (χ0n) is 15.3. The average molecular weight is 398 g/mol. The molecule has 2 aromatic rings. The van der Waals surface area contributed by atoms with Crippen LogP contribution in [0.3, 0.4) is 0 Å². The lowest BCUT2D eigenvalue weighted by Crippen LogP contribution is -2.25. The van der Waals surface area contributed by atoms with Gasteiger partial charge in [0.05, 0.1) is 6.42 Å². The second-order valence-electron chi connectivity index (χ2n) is 6.68. The molecular weight excluding hydrogens is 376 g/mol. The van der Waals surface area contributed by atoms with Gasteiger partial charge in [0.15, 0.2) is 0 Å². The summed E-state index contributed by atoms with van der Waals surface area (Å²) in [6, 6.07) is 14.4. The Balaban J connectivity index is 1.54.